The number of fused-ring (bicyclic) bond motifs is 5. The number of nitrogens with one attached hydrogen (secondary N) is 1. The van der Waals surface area contributed by atoms with E-state index in [1.54, 1.807) is 24.3 Å². The van der Waals surface area contributed by atoms with E-state index in [0.717, 1.165) is 11.8 Å². The van der Waals surface area contributed by atoms with Crippen molar-refractivity contribution >= 4 is 11.9 Å². The molecular formula is C17H19NO3. The molecule has 2 bridgehead atoms. The summed E-state index contributed by atoms with van der Waals surface area (Å²) in [5, 5.41) is 12.1. The summed E-state index contributed by atoms with van der Waals surface area (Å²) < 4.78 is 0. The minimum Gasteiger partial charge on any atom is -0.479 e. The second-order valence-electron chi connectivity index (χ2n) is 6.70. The lowest BCUT2D eigenvalue weighted by molar-refractivity contribution is -0.142. The molecule has 4 heteroatoms. The third kappa shape index (κ3) is 1.96. The van der Waals surface area contributed by atoms with Crippen LogP contribution in [0.3, 0.4) is 0 Å². The summed E-state index contributed by atoms with van der Waals surface area (Å²) in [5.74, 6) is 1.53. The van der Waals surface area contributed by atoms with E-state index in [2.05, 4.69) is 5.32 Å². The molecule has 1 aromatic rings. The van der Waals surface area contributed by atoms with Crippen LogP contribution in [-0.4, -0.2) is 17.0 Å². The zero-order valence-electron chi connectivity index (χ0n) is 11.7. The molecule has 110 valence electrons. The van der Waals surface area contributed by atoms with Crippen molar-refractivity contribution in [3.63, 3.8) is 0 Å². The number of hydrogen-bond acceptors (Lipinski definition) is 2. The molecule has 2 N–H and O–H groups in total. The fourth-order valence-electron chi connectivity index (χ4n) is 4.85. The Balaban J connectivity index is 1.47. The van der Waals surface area contributed by atoms with Gasteiger partial charge in [-0.25, -0.2) is 4.79 Å². The standard InChI is InChI=1S/C17H19NO3/c19-16(14-12-10-6-7-11(8-10)13(12)14)18-15(17(20)21)9-4-2-1-3-5-9/h1-5,10-15H,6-8H2,(H,18,19)(H,20,21)/t10?,11?,12?,13?,14?,15-/m1/s1. The Morgan fingerprint density at radius 1 is 1.10 bits per heavy atom. The zero-order valence-corrected chi connectivity index (χ0v) is 11.7. The molecule has 1 aromatic carbocycles. The Hall–Kier alpha value is -1.84. The van der Waals surface area contributed by atoms with Crippen molar-refractivity contribution in [2.24, 2.45) is 29.6 Å². The minimum atomic E-state index is -0.997. The SMILES string of the molecule is O=C(N[C@@H](C(=O)O)c1ccccc1)C1C2C3CCC(C3)C12. The summed E-state index contributed by atoms with van der Waals surface area (Å²) in [6.07, 6.45) is 3.81. The van der Waals surface area contributed by atoms with E-state index in [9.17, 15) is 14.7 Å². The average molecular weight is 285 g/mol. The van der Waals surface area contributed by atoms with E-state index >= 15 is 0 Å². The van der Waals surface area contributed by atoms with Crippen molar-refractivity contribution < 1.29 is 14.7 Å². The molecule has 0 heterocycles. The molecule has 3 aliphatic carbocycles. The summed E-state index contributed by atoms with van der Waals surface area (Å²) >= 11 is 0. The Morgan fingerprint density at radius 3 is 2.29 bits per heavy atom. The van der Waals surface area contributed by atoms with Crippen LogP contribution in [0.4, 0.5) is 0 Å². The van der Waals surface area contributed by atoms with Crippen molar-refractivity contribution in [3.8, 4) is 0 Å². The van der Waals surface area contributed by atoms with Gasteiger partial charge in [0, 0.05) is 5.92 Å². The molecule has 1 amide bonds. The monoisotopic (exact) mass is 285 g/mol. The number of amides is 1. The van der Waals surface area contributed by atoms with Crippen LogP contribution in [-0.2, 0) is 9.59 Å². The van der Waals surface area contributed by atoms with Crippen LogP contribution in [0.5, 0.6) is 0 Å². The molecule has 0 spiro atoms. The van der Waals surface area contributed by atoms with Crippen LogP contribution in [0.1, 0.15) is 30.9 Å². The number of hydrogen-bond donors (Lipinski definition) is 2. The van der Waals surface area contributed by atoms with Gasteiger partial charge >= 0.3 is 5.97 Å². The van der Waals surface area contributed by atoms with Crippen molar-refractivity contribution in [3.05, 3.63) is 35.9 Å². The first-order valence-corrected chi connectivity index (χ1v) is 7.75. The van der Waals surface area contributed by atoms with Crippen molar-refractivity contribution in [1.82, 2.24) is 5.32 Å². The Bertz CT molecular complexity index is 569. The number of rotatable bonds is 4. The maximum absolute atomic E-state index is 12.5. The molecule has 0 radical (unpaired) electrons. The number of carboxylic acid groups (broad SMARTS) is 1. The molecule has 3 fully saturated rings. The summed E-state index contributed by atoms with van der Waals surface area (Å²) in [6, 6.07) is 7.99. The number of carboxylic acids is 1. The van der Waals surface area contributed by atoms with Crippen LogP contribution in [0.15, 0.2) is 30.3 Å². The number of benzene rings is 1. The maximum atomic E-state index is 12.5. The molecule has 5 atom stereocenters. The fourth-order valence-corrected chi connectivity index (χ4v) is 4.85. The molecule has 4 rings (SSSR count). The van der Waals surface area contributed by atoms with Crippen LogP contribution in [0.2, 0.25) is 0 Å². The Labute approximate surface area is 123 Å². The first-order chi connectivity index (χ1) is 10.2. The molecular weight excluding hydrogens is 266 g/mol. The second-order valence-corrected chi connectivity index (χ2v) is 6.70. The lowest BCUT2D eigenvalue weighted by atomic mass is 10.0. The largest absolute Gasteiger partial charge is 0.479 e. The average Bonchev–Trinajstić information content (AvgIpc) is 2.93. The van der Waals surface area contributed by atoms with Crippen molar-refractivity contribution in [1.29, 1.82) is 0 Å². The highest BCUT2D eigenvalue weighted by molar-refractivity contribution is 5.88. The van der Waals surface area contributed by atoms with E-state index in [1.165, 1.54) is 19.3 Å². The fraction of sp³-hybridized carbons (Fsp3) is 0.529. The van der Waals surface area contributed by atoms with Crippen LogP contribution in [0, 0.1) is 29.6 Å². The second kappa shape index (κ2) is 4.58. The van der Waals surface area contributed by atoms with Gasteiger partial charge in [0.1, 0.15) is 0 Å². The lowest BCUT2D eigenvalue weighted by Gasteiger charge is -2.16. The van der Waals surface area contributed by atoms with Gasteiger partial charge in [-0.15, -0.1) is 0 Å². The summed E-state index contributed by atoms with van der Waals surface area (Å²) in [7, 11) is 0. The third-order valence-electron chi connectivity index (χ3n) is 5.70. The first kappa shape index (κ1) is 12.9. The highest BCUT2D eigenvalue weighted by Gasteiger charge is 2.67. The van der Waals surface area contributed by atoms with E-state index in [-0.39, 0.29) is 11.8 Å². The third-order valence-corrected chi connectivity index (χ3v) is 5.70. The minimum absolute atomic E-state index is 0.0575. The van der Waals surface area contributed by atoms with Gasteiger partial charge in [0.2, 0.25) is 5.91 Å². The van der Waals surface area contributed by atoms with Gasteiger partial charge in [-0.3, -0.25) is 4.79 Å². The van der Waals surface area contributed by atoms with Crippen LogP contribution in [0.25, 0.3) is 0 Å². The summed E-state index contributed by atoms with van der Waals surface area (Å²) in [4.78, 5) is 23.9. The molecule has 0 aliphatic heterocycles. The van der Waals surface area contributed by atoms with Gasteiger partial charge < -0.3 is 10.4 Å². The zero-order chi connectivity index (χ0) is 14.6. The summed E-state index contributed by atoms with van der Waals surface area (Å²) in [5.41, 5.74) is 0.632. The van der Waals surface area contributed by atoms with E-state index in [4.69, 9.17) is 0 Å². The first-order valence-electron chi connectivity index (χ1n) is 7.75. The molecule has 3 saturated carbocycles. The van der Waals surface area contributed by atoms with E-state index in [1.807, 2.05) is 6.07 Å². The van der Waals surface area contributed by atoms with Gasteiger partial charge in [-0.1, -0.05) is 30.3 Å². The Morgan fingerprint density at radius 2 is 1.71 bits per heavy atom. The topological polar surface area (TPSA) is 66.4 Å². The lowest BCUT2D eigenvalue weighted by Crippen LogP contribution is -2.36. The van der Waals surface area contributed by atoms with Crippen LogP contribution < -0.4 is 5.32 Å². The molecule has 4 unspecified atom stereocenters. The predicted molar refractivity (Wildman–Crippen MR) is 76.3 cm³/mol. The molecule has 0 saturated heterocycles. The van der Waals surface area contributed by atoms with Crippen molar-refractivity contribution in [2.45, 2.75) is 25.3 Å². The predicted octanol–water partition coefficient (Wildman–Crippen LogP) is 2.22. The van der Waals surface area contributed by atoms with Gasteiger partial charge in [0.05, 0.1) is 0 Å². The Kier molecular flexibility index (Phi) is 2.81. The van der Waals surface area contributed by atoms with E-state index < -0.39 is 12.0 Å². The maximum Gasteiger partial charge on any atom is 0.330 e. The molecule has 4 nitrogen and oxygen atoms in total. The van der Waals surface area contributed by atoms with Gasteiger partial charge in [0.15, 0.2) is 6.04 Å². The molecule has 0 aromatic heterocycles. The molecule has 21 heavy (non-hydrogen) atoms. The van der Waals surface area contributed by atoms with E-state index in [0.29, 0.717) is 17.4 Å². The van der Waals surface area contributed by atoms with Crippen molar-refractivity contribution in [2.75, 3.05) is 0 Å². The number of carbonyl (C=O) groups is 2. The van der Waals surface area contributed by atoms with Gasteiger partial charge in [0.25, 0.3) is 0 Å². The summed E-state index contributed by atoms with van der Waals surface area (Å²) in [6.45, 7) is 0. The van der Waals surface area contributed by atoms with Gasteiger partial charge in [-0.2, -0.15) is 0 Å². The highest BCUT2D eigenvalue weighted by atomic mass is 16.4. The van der Waals surface area contributed by atoms with Crippen LogP contribution >= 0.6 is 0 Å². The quantitative estimate of drug-likeness (QED) is 0.891. The normalized spacial score (nSPS) is 36.9. The van der Waals surface area contributed by atoms with Gasteiger partial charge in [-0.05, 0) is 48.5 Å². The molecule has 3 aliphatic rings. The highest BCUT2D eigenvalue weighted by Crippen LogP contribution is 2.69. The smallest absolute Gasteiger partial charge is 0.330 e. The number of carbonyl (C=O) groups excluding carboxylic acids is 1. The number of aliphatic carboxylic acids is 1.